The molecule has 1 atom stereocenters. The van der Waals surface area contributed by atoms with Crippen LogP contribution in [0.1, 0.15) is 21.5 Å². The first kappa shape index (κ1) is 20.3. The van der Waals surface area contributed by atoms with Gasteiger partial charge in [0.25, 0.3) is 5.91 Å². The highest BCUT2D eigenvalue weighted by molar-refractivity contribution is 7.99. The molecule has 2 aromatic carbocycles. The maximum Gasteiger partial charge on any atom is 0.257 e. The number of rotatable bonds is 6. The van der Waals surface area contributed by atoms with Gasteiger partial charge in [0.2, 0.25) is 5.91 Å². The minimum Gasteiger partial charge on any atom is -0.360 e. The van der Waals surface area contributed by atoms with Crippen molar-refractivity contribution in [2.45, 2.75) is 19.1 Å². The molecule has 8 nitrogen and oxygen atoms in total. The number of nitrogens with zero attached hydrogens (tertiary/aromatic N) is 4. The molecule has 1 fully saturated rings. The maximum atomic E-state index is 13.2. The summed E-state index contributed by atoms with van der Waals surface area (Å²) in [5, 5.41) is 7.97. The normalized spacial score (nSPS) is 15.9. The Kier molecular flexibility index (Phi) is 5.64. The second kappa shape index (κ2) is 8.88. The molecule has 1 saturated heterocycles. The largest absolute Gasteiger partial charge is 0.360 e. The Labute approximate surface area is 189 Å². The highest BCUT2D eigenvalue weighted by Crippen LogP contribution is 2.26. The quantitative estimate of drug-likeness (QED) is 0.475. The van der Waals surface area contributed by atoms with Crippen molar-refractivity contribution >= 4 is 34.5 Å². The van der Waals surface area contributed by atoms with Crippen molar-refractivity contribution in [3.8, 4) is 0 Å². The van der Waals surface area contributed by atoms with Gasteiger partial charge in [0.05, 0.1) is 18.0 Å². The number of aromatic nitrogens is 4. The molecule has 0 aliphatic carbocycles. The average Bonchev–Trinajstić information content (AvgIpc) is 3.58. The van der Waals surface area contributed by atoms with E-state index in [1.807, 2.05) is 48.5 Å². The molecule has 0 radical (unpaired) electrons. The smallest absolute Gasteiger partial charge is 0.257 e. The van der Waals surface area contributed by atoms with Crippen LogP contribution >= 0.6 is 11.8 Å². The molecule has 2 N–H and O–H groups in total. The summed E-state index contributed by atoms with van der Waals surface area (Å²) in [5.41, 5.74) is 3.62. The molecule has 2 aromatic heterocycles. The number of benzene rings is 2. The fourth-order valence-electron chi connectivity index (χ4n) is 3.83. The zero-order chi connectivity index (χ0) is 21.9. The number of thioether (sulfide) groups is 1. The van der Waals surface area contributed by atoms with Gasteiger partial charge in [-0.25, -0.2) is 9.67 Å². The fourth-order valence-corrected chi connectivity index (χ4v) is 4.99. The minimum atomic E-state index is -0.479. The van der Waals surface area contributed by atoms with E-state index in [2.05, 4.69) is 20.4 Å². The topological polar surface area (TPSA) is 95.9 Å². The SMILES string of the molecule is O=C(NCc1ccc(Cn2cncn2)cc1)C1CSCN1C(=O)c1c[nH]c2ccccc12. The van der Waals surface area contributed by atoms with Crippen LogP contribution in [0.3, 0.4) is 0 Å². The van der Waals surface area contributed by atoms with Gasteiger partial charge in [-0.05, 0) is 17.2 Å². The van der Waals surface area contributed by atoms with Crippen LogP contribution < -0.4 is 5.32 Å². The van der Waals surface area contributed by atoms with Crippen molar-refractivity contribution in [2.75, 3.05) is 11.6 Å². The first-order valence-corrected chi connectivity index (χ1v) is 11.5. The molecular weight excluding hydrogens is 424 g/mol. The van der Waals surface area contributed by atoms with E-state index in [1.165, 1.54) is 6.33 Å². The van der Waals surface area contributed by atoms with Crippen LogP contribution in [0.15, 0.2) is 67.4 Å². The third-order valence-corrected chi connectivity index (χ3v) is 6.58. The third kappa shape index (κ3) is 4.11. The Bertz CT molecular complexity index is 1240. The summed E-state index contributed by atoms with van der Waals surface area (Å²) in [6.45, 7) is 1.07. The number of nitrogens with one attached hydrogen (secondary N) is 2. The van der Waals surface area contributed by atoms with Crippen LogP contribution in [0.5, 0.6) is 0 Å². The standard InChI is InChI=1S/C23H22N6O2S/c30-22(26-9-16-5-7-17(8-6-16)11-28-14-24-13-27-28)21-12-32-15-29(21)23(31)19-10-25-20-4-2-1-3-18(19)20/h1-8,10,13-14,21,25H,9,11-12,15H2,(H,26,30). The van der Waals surface area contributed by atoms with Crippen LogP contribution in [0.2, 0.25) is 0 Å². The average molecular weight is 447 g/mol. The van der Waals surface area contributed by atoms with Gasteiger partial charge in [-0.1, -0.05) is 42.5 Å². The highest BCUT2D eigenvalue weighted by atomic mass is 32.2. The molecule has 1 aliphatic heterocycles. The molecule has 1 unspecified atom stereocenters. The van der Waals surface area contributed by atoms with Crippen LogP contribution in [0.4, 0.5) is 0 Å². The van der Waals surface area contributed by atoms with Gasteiger partial charge >= 0.3 is 0 Å². The van der Waals surface area contributed by atoms with Gasteiger partial charge in [0.15, 0.2) is 0 Å². The van der Waals surface area contributed by atoms with Crippen molar-refractivity contribution in [2.24, 2.45) is 0 Å². The minimum absolute atomic E-state index is 0.120. The van der Waals surface area contributed by atoms with Gasteiger partial charge in [-0.3, -0.25) is 9.59 Å². The van der Waals surface area contributed by atoms with Gasteiger partial charge in [0.1, 0.15) is 18.7 Å². The zero-order valence-corrected chi connectivity index (χ0v) is 18.1. The van der Waals surface area contributed by atoms with Crippen molar-refractivity contribution in [3.63, 3.8) is 0 Å². The van der Waals surface area contributed by atoms with Crippen molar-refractivity contribution in [3.05, 3.63) is 84.1 Å². The summed E-state index contributed by atoms with van der Waals surface area (Å²) in [7, 11) is 0. The van der Waals surface area contributed by atoms with E-state index in [1.54, 1.807) is 33.9 Å². The monoisotopic (exact) mass is 446 g/mol. The lowest BCUT2D eigenvalue weighted by atomic mass is 10.1. The molecule has 0 spiro atoms. The number of carbonyl (C=O) groups excluding carboxylic acids is 2. The van der Waals surface area contributed by atoms with Gasteiger partial charge in [-0.15, -0.1) is 11.8 Å². The number of aromatic amines is 1. The predicted octanol–water partition coefficient (Wildman–Crippen LogP) is 2.64. The van der Waals surface area contributed by atoms with E-state index in [4.69, 9.17) is 0 Å². The second-order valence-corrected chi connectivity index (χ2v) is 8.67. The fraction of sp³-hybridized carbons (Fsp3) is 0.217. The molecule has 3 heterocycles. The maximum absolute atomic E-state index is 13.2. The molecule has 4 aromatic rings. The molecule has 0 bridgehead atoms. The molecule has 5 rings (SSSR count). The van der Waals surface area contributed by atoms with Crippen LogP contribution in [0, 0.1) is 0 Å². The Hall–Kier alpha value is -3.59. The third-order valence-electron chi connectivity index (χ3n) is 5.57. The summed E-state index contributed by atoms with van der Waals surface area (Å²) >= 11 is 1.60. The summed E-state index contributed by atoms with van der Waals surface area (Å²) in [5.74, 6) is 0.851. The molecular formula is C23H22N6O2S. The summed E-state index contributed by atoms with van der Waals surface area (Å²) in [6, 6.07) is 15.2. The lowest BCUT2D eigenvalue weighted by Gasteiger charge is -2.23. The van der Waals surface area contributed by atoms with E-state index in [0.717, 1.165) is 22.0 Å². The van der Waals surface area contributed by atoms with E-state index >= 15 is 0 Å². The Morgan fingerprint density at radius 1 is 1.12 bits per heavy atom. The summed E-state index contributed by atoms with van der Waals surface area (Å²) in [4.78, 5) is 34.8. The van der Waals surface area contributed by atoms with Crippen LogP contribution in [-0.2, 0) is 17.9 Å². The number of hydrogen-bond acceptors (Lipinski definition) is 5. The van der Waals surface area contributed by atoms with Gasteiger partial charge in [-0.2, -0.15) is 5.10 Å². The first-order chi connectivity index (χ1) is 15.7. The number of amides is 2. The summed E-state index contributed by atoms with van der Waals surface area (Å²) in [6.07, 6.45) is 4.92. The number of fused-ring (bicyclic) bond motifs is 1. The van der Waals surface area contributed by atoms with E-state index < -0.39 is 6.04 Å². The molecule has 1 aliphatic rings. The van der Waals surface area contributed by atoms with E-state index in [-0.39, 0.29) is 11.8 Å². The van der Waals surface area contributed by atoms with Crippen LogP contribution in [-0.4, -0.2) is 54.1 Å². The number of carbonyl (C=O) groups is 2. The van der Waals surface area contributed by atoms with Crippen molar-refractivity contribution in [1.29, 1.82) is 0 Å². The lowest BCUT2D eigenvalue weighted by molar-refractivity contribution is -0.124. The number of para-hydroxylation sites is 1. The molecule has 2 amide bonds. The molecule has 0 saturated carbocycles. The van der Waals surface area contributed by atoms with E-state index in [9.17, 15) is 9.59 Å². The predicted molar refractivity (Wildman–Crippen MR) is 123 cm³/mol. The molecule has 9 heteroatoms. The summed E-state index contributed by atoms with van der Waals surface area (Å²) < 4.78 is 1.76. The molecule has 32 heavy (non-hydrogen) atoms. The Morgan fingerprint density at radius 2 is 1.94 bits per heavy atom. The second-order valence-electron chi connectivity index (χ2n) is 7.67. The number of H-pyrrole nitrogens is 1. The molecule has 162 valence electrons. The van der Waals surface area contributed by atoms with Gasteiger partial charge < -0.3 is 15.2 Å². The van der Waals surface area contributed by atoms with Crippen molar-refractivity contribution < 1.29 is 9.59 Å². The van der Waals surface area contributed by atoms with Crippen LogP contribution in [0.25, 0.3) is 10.9 Å². The number of hydrogen-bond donors (Lipinski definition) is 2. The lowest BCUT2D eigenvalue weighted by Crippen LogP contribution is -2.47. The first-order valence-electron chi connectivity index (χ1n) is 10.3. The van der Waals surface area contributed by atoms with Crippen molar-refractivity contribution in [1.82, 2.24) is 30.0 Å². The Morgan fingerprint density at radius 3 is 2.75 bits per heavy atom. The Balaban J connectivity index is 1.21. The zero-order valence-electron chi connectivity index (χ0n) is 17.3. The highest BCUT2D eigenvalue weighted by Gasteiger charge is 2.35. The van der Waals surface area contributed by atoms with Gasteiger partial charge in [0, 0.05) is 29.4 Å². The van der Waals surface area contributed by atoms with E-state index in [0.29, 0.717) is 30.3 Å².